The van der Waals surface area contributed by atoms with Crippen LogP contribution in [0.2, 0.25) is 0 Å². The molecular formula is C12H16N2. The minimum Gasteiger partial charge on any atom is -0.361 e. The Bertz CT molecular complexity index is 441. The Morgan fingerprint density at radius 3 is 2.86 bits per heavy atom. The molecule has 0 aliphatic rings. The van der Waals surface area contributed by atoms with E-state index in [2.05, 4.69) is 30.1 Å². The first-order valence-corrected chi connectivity index (χ1v) is 5.08. The van der Waals surface area contributed by atoms with Crippen molar-refractivity contribution in [1.82, 2.24) is 4.98 Å². The van der Waals surface area contributed by atoms with E-state index in [4.69, 9.17) is 5.73 Å². The number of aromatic nitrogens is 1. The summed E-state index contributed by atoms with van der Waals surface area (Å²) >= 11 is 0. The molecule has 0 saturated heterocycles. The zero-order chi connectivity index (χ0) is 10.1. The Labute approximate surface area is 84.1 Å². The van der Waals surface area contributed by atoms with Crippen LogP contribution >= 0.6 is 0 Å². The van der Waals surface area contributed by atoms with Gasteiger partial charge in [0.1, 0.15) is 0 Å². The van der Waals surface area contributed by atoms with Gasteiger partial charge in [0.25, 0.3) is 0 Å². The van der Waals surface area contributed by atoms with Crippen molar-refractivity contribution in [2.75, 3.05) is 0 Å². The SMILES string of the molecule is CCc1cccc2c([C@@H](C)N)c[nH]c12. The quantitative estimate of drug-likeness (QED) is 0.747. The number of rotatable bonds is 2. The van der Waals surface area contributed by atoms with E-state index in [1.54, 1.807) is 0 Å². The van der Waals surface area contributed by atoms with Crippen molar-refractivity contribution in [3.8, 4) is 0 Å². The van der Waals surface area contributed by atoms with Gasteiger partial charge in [0.2, 0.25) is 0 Å². The van der Waals surface area contributed by atoms with Crippen LogP contribution in [0.4, 0.5) is 0 Å². The summed E-state index contributed by atoms with van der Waals surface area (Å²) in [7, 11) is 0. The van der Waals surface area contributed by atoms with Crippen molar-refractivity contribution in [1.29, 1.82) is 0 Å². The number of hydrogen-bond donors (Lipinski definition) is 2. The van der Waals surface area contributed by atoms with Crippen molar-refractivity contribution in [2.24, 2.45) is 5.73 Å². The predicted octanol–water partition coefficient (Wildman–Crippen LogP) is 2.75. The molecule has 2 rings (SSSR count). The van der Waals surface area contributed by atoms with E-state index in [1.807, 2.05) is 13.1 Å². The lowest BCUT2D eigenvalue weighted by atomic mass is 10.0. The van der Waals surface area contributed by atoms with Crippen LogP contribution < -0.4 is 5.73 Å². The zero-order valence-electron chi connectivity index (χ0n) is 8.67. The summed E-state index contributed by atoms with van der Waals surface area (Å²) in [6.45, 7) is 4.18. The highest BCUT2D eigenvalue weighted by Crippen LogP contribution is 2.25. The summed E-state index contributed by atoms with van der Waals surface area (Å²) in [5, 5.41) is 1.26. The molecule has 0 unspecified atom stereocenters. The van der Waals surface area contributed by atoms with Crippen molar-refractivity contribution >= 4 is 10.9 Å². The van der Waals surface area contributed by atoms with Crippen LogP contribution in [0.1, 0.15) is 31.0 Å². The van der Waals surface area contributed by atoms with Gasteiger partial charge in [-0.05, 0) is 24.5 Å². The van der Waals surface area contributed by atoms with Crippen LogP contribution in [-0.4, -0.2) is 4.98 Å². The second-order valence-corrected chi connectivity index (χ2v) is 3.73. The molecule has 0 spiro atoms. The average molecular weight is 188 g/mol. The number of nitrogens with two attached hydrogens (primary N) is 1. The summed E-state index contributed by atoms with van der Waals surface area (Å²) in [4.78, 5) is 3.31. The Kier molecular flexibility index (Phi) is 2.30. The van der Waals surface area contributed by atoms with E-state index in [9.17, 15) is 0 Å². The second-order valence-electron chi connectivity index (χ2n) is 3.73. The molecule has 2 nitrogen and oxygen atoms in total. The van der Waals surface area contributed by atoms with Crippen molar-refractivity contribution in [3.63, 3.8) is 0 Å². The van der Waals surface area contributed by atoms with Crippen molar-refractivity contribution in [3.05, 3.63) is 35.5 Å². The summed E-state index contributed by atoms with van der Waals surface area (Å²) in [6, 6.07) is 6.48. The van der Waals surface area contributed by atoms with Gasteiger partial charge in [-0.1, -0.05) is 25.1 Å². The van der Waals surface area contributed by atoms with Gasteiger partial charge < -0.3 is 10.7 Å². The third-order valence-corrected chi connectivity index (χ3v) is 2.71. The largest absolute Gasteiger partial charge is 0.361 e. The van der Waals surface area contributed by atoms with Gasteiger partial charge in [-0.2, -0.15) is 0 Å². The van der Waals surface area contributed by atoms with E-state index >= 15 is 0 Å². The number of H-pyrrole nitrogens is 1. The molecule has 3 N–H and O–H groups in total. The van der Waals surface area contributed by atoms with Crippen molar-refractivity contribution in [2.45, 2.75) is 26.3 Å². The standard InChI is InChI=1S/C12H16N2/c1-3-9-5-4-6-10-11(8(2)13)7-14-12(9)10/h4-8,14H,3,13H2,1-2H3/t8-/m1/s1. The maximum atomic E-state index is 5.90. The Morgan fingerprint density at radius 2 is 2.21 bits per heavy atom. The topological polar surface area (TPSA) is 41.8 Å². The molecule has 0 saturated carbocycles. The minimum atomic E-state index is 0.0934. The first-order chi connectivity index (χ1) is 6.74. The van der Waals surface area contributed by atoms with Gasteiger partial charge in [-0.15, -0.1) is 0 Å². The third kappa shape index (κ3) is 1.32. The maximum absolute atomic E-state index is 5.90. The number of aryl methyl sites for hydroxylation is 1. The fourth-order valence-corrected chi connectivity index (χ4v) is 1.91. The van der Waals surface area contributed by atoms with Gasteiger partial charge in [0, 0.05) is 23.1 Å². The molecule has 2 aromatic rings. The molecule has 74 valence electrons. The predicted molar refractivity (Wildman–Crippen MR) is 60.3 cm³/mol. The molecule has 2 heteroatoms. The summed E-state index contributed by atoms with van der Waals surface area (Å²) in [6.07, 6.45) is 3.07. The zero-order valence-corrected chi connectivity index (χ0v) is 8.67. The second kappa shape index (κ2) is 3.46. The van der Waals surface area contributed by atoms with Gasteiger partial charge in [0.05, 0.1) is 0 Å². The smallest absolute Gasteiger partial charge is 0.0489 e. The summed E-state index contributed by atoms with van der Waals surface area (Å²) < 4.78 is 0. The van der Waals surface area contributed by atoms with Crippen molar-refractivity contribution < 1.29 is 0 Å². The Hall–Kier alpha value is -1.28. The van der Waals surface area contributed by atoms with Crippen LogP contribution in [0.15, 0.2) is 24.4 Å². The molecule has 0 bridgehead atoms. The van der Waals surface area contributed by atoms with Crippen LogP contribution in [0.5, 0.6) is 0 Å². The van der Waals surface area contributed by atoms with Gasteiger partial charge in [-0.25, -0.2) is 0 Å². The molecule has 0 aliphatic carbocycles. The normalized spacial score (nSPS) is 13.4. The molecule has 1 aromatic heterocycles. The molecule has 1 aromatic carbocycles. The van der Waals surface area contributed by atoms with Crippen LogP contribution in [0.3, 0.4) is 0 Å². The number of para-hydroxylation sites is 1. The Balaban J connectivity index is 2.69. The fraction of sp³-hybridized carbons (Fsp3) is 0.333. The molecule has 14 heavy (non-hydrogen) atoms. The molecule has 1 atom stereocenters. The lowest BCUT2D eigenvalue weighted by molar-refractivity contribution is 0.826. The lowest BCUT2D eigenvalue weighted by Crippen LogP contribution is -2.03. The van der Waals surface area contributed by atoms with E-state index in [0.29, 0.717) is 0 Å². The first-order valence-electron chi connectivity index (χ1n) is 5.08. The minimum absolute atomic E-state index is 0.0934. The maximum Gasteiger partial charge on any atom is 0.0489 e. The van der Waals surface area contributed by atoms with Gasteiger partial charge in [0.15, 0.2) is 0 Å². The number of fused-ring (bicyclic) bond motifs is 1. The lowest BCUT2D eigenvalue weighted by Gasteiger charge is -2.03. The number of aromatic amines is 1. The van der Waals surface area contributed by atoms with E-state index in [0.717, 1.165) is 6.42 Å². The van der Waals surface area contributed by atoms with Gasteiger partial charge >= 0.3 is 0 Å². The van der Waals surface area contributed by atoms with Crippen LogP contribution in [0.25, 0.3) is 10.9 Å². The van der Waals surface area contributed by atoms with E-state index < -0.39 is 0 Å². The number of nitrogens with one attached hydrogen (secondary N) is 1. The van der Waals surface area contributed by atoms with Gasteiger partial charge in [-0.3, -0.25) is 0 Å². The molecule has 0 radical (unpaired) electrons. The summed E-state index contributed by atoms with van der Waals surface area (Å²) in [5.41, 5.74) is 9.69. The highest BCUT2D eigenvalue weighted by Gasteiger charge is 2.08. The molecule has 0 aliphatic heterocycles. The third-order valence-electron chi connectivity index (χ3n) is 2.71. The van der Waals surface area contributed by atoms with E-state index in [-0.39, 0.29) is 6.04 Å². The highest BCUT2D eigenvalue weighted by molar-refractivity contribution is 5.86. The fourth-order valence-electron chi connectivity index (χ4n) is 1.91. The molecule has 0 amide bonds. The number of benzene rings is 1. The molecule has 0 fully saturated rings. The average Bonchev–Trinajstić information content (AvgIpc) is 2.60. The first kappa shape index (κ1) is 9.28. The van der Waals surface area contributed by atoms with Crippen LogP contribution in [0, 0.1) is 0 Å². The number of hydrogen-bond acceptors (Lipinski definition) is 1. The Morgan fingerprint density at radius 1 is 1.43 bits per heavy atom. The van der Waals surface area contributed by atoms with Crippen LogP contribution in [-0.2, 0) is 6.42 Å². The molecule has 1 heterocycles. The highest BCUT2D eigenvalue weighted by atomic mass is 14.7. The monoisotopic (exact) mass is 188 g/mol. The van der Waals surface area contributed by atoms with E-state index in [1.165, 1.54) is 22.0 Å². The summed E-state index contributed by atoms with van der Waals surface area (Å²) in [5.74, 6) is 0. The molecular weight excluding hydrogens is 172 g/mol.